The Hall–Kier alpha value is -1.65. The molecule has 116 valence electrons. The van der Waals surface area contributed by atoms with Crippen LogP contribution in [0.3, 0.4) is 0 Å². The zero-order valence-electron chi connectivity index (χ0n) is 12.7. The van der Waals surface area contributed by atoms with Gasteiger partial charge in [-0.1, -0.05) is 17.7 Å². The van der Waals surface area contributed by atoms with Gasteiger partial charge in [-0.25, -0.2) is 0 Å². The first-order valence-electron chi connectivity index (χ1n) is 6.88. The minimum Gasteiger partial charge on any atom is -0.497 e. The van der Waals surface area contributed by atoms with E-state index in [2.05, 4.69) is 5.32 Å². The molecule has 0 bridgehead atoms. The van der Waals surface area contributed by atoms with Crippen molar-refractivity contribution in [2.24, 2.45) is 0 Å². The largest absolute Gasteiger partial charge is 0.497 e. The Labute approximate surface area is 140 Å². The van der Waals surface area contributed by atoms with Gasteiger partial charge in [-0.2, -0.15) is 0 Å². The van der Waals surface area contributed by atoms with Crippen molar-refractivity contribution in [3.63, 3.8) is 0 Å². The highest BCUT2D eigenvalue weighted by Gasteiger charge is 2.16. The van der Waals surface area contributed by atoms with E-state index in [4.69, 9.17) is 16.3 Å². The van der Waals surface area contributed by atoms with Gasteiger partial charge in [0, 0.05) is 15.6 Å². The highest BCUT2D eigenvalue weighted by Crippen LogP contribution is 2.27. The summed E-state index contributed by atoms with van der Waals surface area (Å²) in [5.74, 6) is 0.752. The molecule has 2 aromatic carbocycles. The number of ether oxygens (including phenoxy) is 1. The number of carbonyl (C=O) groups excluding carboxylic acids is 1. The van der Waals surface area contributed by atoms with E-state index in [0.717, 1.165) is 21.9 Å². The molecule has 0 radical (unpaired) electrons. The SMILES string of the molecule is COc1ccc(S[C@H](C)C(=O)Nc2cccc(Cl)c2C)cc1. The molecule has 0 aromatic heterocycles. The van der Waals surface area contributed by atoms with Crippen molar-refractivity contribution >= 4 is 35.0 Å². The number of hydrogen-bond acceptors (Lipinski definition) is 3. The summed E-state index contributed by atoms with van der Waals surface area (Å²) in [6, 6.07) is 13.1. The van der Waals surface area contributed by atoms with E-state index in [1.165, 1.54) is 11.8 Å². The Balaban J connectivity index is 2.01. The van der Waals surface area contributed by atoms with Gasteiger partial charge in [-0.3, -0.25) is 4.79 Å². The van der Waals surface area contributed by atoms with Crippen LogP contribution in [0.25, 0.3) is 0 Å². The van der Waals surface area contributed by atoms with Crippen molar-refractivity contribution in [3.8, 4) is 5.75 Å². The summed E-state index contributed by atoms with van der Waals surface area (Å²) in [5, 5.41) is 3.36. The van der Waals surface area contributed by atoms with Gasteiger partial charge in [0.1, 0.15) is 5.75 Å². The minimum atomic E-state index is -0.216. The summed E-state index contributed by atoms with van der Waals surface area (Å²) in [4.78, 5) is 13.3. The van der Waals surface area contributed by atoms with Crippen LogP contribution in [0.1, 0.15) is 12.5 Å². The van der Waals surface area contributed by atoms with Crippen molar-refractivity contribution in [3.05, 3.63) is 53.1 Å². The van der Waals surface area contributed by atoms with E-state index in [0.29, 0.717) is 5.02 Å². The molecule has 0 fully saturated rings. The van der Waals surface area contributed by atoms with Crippen LogP contribution >= 0.6 is 23.4 Å². The molecule has 22 heavy (non-hydrogen) atoms. The third-order valence-corrected chi connectivity index (χ3v) is 4.79. The zero-order valence-corrected chi connectivity index (χ0v) is 14.3. The van der Waals surface area contributed by atoms with Crippen LogP contribution in [0.2, 0.25) is 5.02 Å². The number of amides is 1. The van der Waals surface area contributed by atoms with Crippen molar-refractivity contribution in [2.75, 3.05) is 12.4 Å². The number of methoxy groups -OCH3 is 1. The van der Waals surface area contributed by atoms with Crippen LogP contribution < -0.4 is 10.1 Å². The number of thioether (sulfide) groups is 1. The molecule has 1 N–H and O–H groups in total. The fraction of sp³-hybridized carbons (Fsp3) is 0.235. The molecule has 0 unspecified atom stereocenters. The lowest BCUT2D eigenvalue weighted by molar-refractivity contribution is -0.115. The molecule has 0 aliphatic heterocycles. The summed E-state index contributed by atoms with van der Waals surface area (Å²) in [5.41, 5.74) is 1.62. The number of anilines is 1. The number of benzene rings is 2. The molecule has 3 nitrogen and oxygen atoms in total. The Kier molecular flexibility index (Phi) is 5.75. The first-order chi connectivity index (χ1) is 10.5. The predicted molar refractivity (Wildman–Crippen MR) is 93.1 cm³/mol. The maximum atomic E-state index is 12.3. The van der Waals surface area contributed by atoms with E-state index in [1.54, 1.807) is 7.11 Å². The van der Waals surface area contributed by atoms with Crippen LogP contribution in [0.5, 0.6) is 5.75 Å². The lowest BCUT2D eigenvalue weighted by atomic mass is 10.2. The average molecular weight is 336 g/mol. The van der Waals surface area contributed by atoms with E-state index in [9.17, 15) is 4.79 Å². The maximum Gasteiger partial charge on any atom is 0.237 e. The van der Waals surface area contributed by atoms with Crippen LogP contribution in [0.4, 0.5) is 5.69 Å². The van der Waals surface area contributed by atoms with Crippen LogP contribution in [0.15, 0.2) is 47.4 Å². The second-order valence-corrected chi connectivity index (χ2v) is 6.66. The standard InChI is InChI=1S/C17H18ClNO2S/c1-11-15(18)5-4-6-16(11)19-17(20)12(2)22-14-9-7-13(21-3)8-10-14/h4-10,12H,1-3H3,(H,19,20)/t12-/m1/s1. The predicted octanol–water partition coefficient (Wildman–Crippen LogP) is 4.78. The van der Waals surface area contributed by atoms with Gasteiger partial charge in [-0.05, 0) is 55.8 Å². The molecule has 1 atom stereocenters. The normalized spacial score (nSPS) is 11.8. The Morgan fingerprint density at radius 1 is 1.23 bits per heavy atom. The van der Waals surface area contributed by atoms with Gasteiger partial charge in [0.15, 0.2) is 0 Å². The molecule has 0 saturated carbocycles. The van der Waals surface area contributed by atoms with Gasteiger partial charge in [0.2, 0.25) is 5.91 Å². The summed E-state index contributed by atoms with van der Waals surface area (Å²) in [6.07, 6.45) is 0. The monoisotopic (exact) mass is 335 g/mol. The van der Waals surface area contributed by atoms with Gasteiger partial charge in [-0.15, -0.1) is 11.8 Å². The summed E-state index contributed by atoms with van der Waals surface area (Å²) in [6.45, 7) is 3.77. The molecule has 5 heteroatoms. The third-order valence-electron chi connectivity index (χ3n) is 3.27. The smallest absolute Gasteiger partial charge is 0.237 e. The molecule has 1 amide bonds. The lowest BCUT2D eigenvalue weighted by Gasteiger charge is -2.14. The molecule has 2 aromatic rings. The van der Waals surface area contributed by atoms with Crippen molar-refractivity contribution < 1.29 is 9.53 Å². The molecule has 0 heterocycles. The fourth-order valence-corrected chi connectivity index (χ4v) is 2.93. The highest BCUT2D eigenvalue weighted by atomic mass is 35.5. The van der Waals surface area contributed by atoms with Gasteiger partial charge < -0.3 is 10.1 Å². The van der Waals surface area contributed by atoms with E-state index in [-0.39, 0.29) is 11.2 Å². The molecule has 0 aliphatic rings. The Bertz CT molecular complexity index is 658. The number of rotatable bonds is 5. The van der Waals surface area contributed by atoms with Crippen LogP contribution in [0, 0.1) is 6.92 Å². The van der Waals surface area contributed by atoms with Crippen molar-refractivity contribution in [2.45, 2.75) is 24.0 Å². The third kappa shape index (κ3) is 4.18. The van der Waals surface area contributed by atoms with Crippen molar-refractivity contribution in [1.82, 2.24) is 0 Å². The lowest BCUT2D eigenvalue weighted by Crippen LogP contribution is -2.22. The van der Waals surface area contributed by atoms with Crippen molar-refractivity contribution in [1.29, 1.82) is 0 Å². The number of hydrogen-bond donors (Lipinski definition) is 1. The quantitative estimate of drug-likeness (QED) is 0.799. The van der Waals surface area contributed by atoms with E-state index in [1.807, 2.05) is 56.3 Å². The second kappa shape index (κ2) is 7.56. The van der Waals surface area contributed by atoms with Crippen LogP contribution in [-0.4, -0.2) is 18.3 Å². The zero-order chi connectivity index (χ0) is 16.1. The van der Waals surface area contributed by atoms with E-state index < -0.39 is 0 Å². The number of nitrogens with one attached hydrogen (secondary N) is 1. The topological polar surface area (TPSA) is 38.3 Å². The minimum absolute atomic E-state index is 0.0498. The van der Waals surface area contributed by atoms with Crippen LogP contribution in [-0.2, 0) is 4.79 Å². The first kappa shape index (κ1) is 16.7. The summed E-state index contributed by atoms with van der Waals surface area (Å²) >= 11 is 7.57. The molecule has 0 aliphatic carbocycles. The molecule has 0 saturated heterocycles. The maximum absolute atomic E-state index is 12.3. The fourth-order valence-electron chi connectivity index (χ4n) is 1.89. The second-order valence-electron chi connectivity index (χ2n) is 4.84. The van der Waals surface area contributed by atoms with E-state index >= 15 is 0 Å². The van der Waals surface area contributed by atoms with Gasteiger partial charge in [0.05, 0.1) is 12.4 Å². The number of carbonyl (C=O) groups is 1. The summed E-state index contributed by atoms with van der Waals surface area (Å²) in [7, 11) is 1.63. The number of halogens is 1. The molecular weight excluding hydrogens is 318 g/mol. The highest BCUT2D eigenvalue weighted by molar-refractivity contribution is 8.00. The molecular formula is C17H18ClNO2S. The Morgan fingerprint density at radius 3 is 2.55 bits per heavy atom. The van der Waals surface area contributed by atoms with Gasteiger partial charge in [0.25, 0.3) is 0 Å². The summed E-state index contributed by atoms with van der Waals surface area (Å²) < 4.78 is 5.12. The Morgan fingerprint density at radius 2 is 1.91 bits per heavy atom. The average Bonchev–Trinajstić information content (AvgIpc) is 2.52. The van der Waals surface area contributed by atoms with Gasteiger partial charge >= 0.3 is 0 Å². The molecule has 0 spiro atoms. The first-order valence-corrected chi connectivity index (χ1v) is 8.13. The molecule has 2 rings (SSSR count).